The minimum absolute atomic E-state index is 0.0266. The van der Waals surface area contributed by atoms with Crippen molar-refractivity contribution >= 4 is 63.8 Å². The molecule has 10 heteroatoms. The highest BCUT2D eigenvalue weighted by molar-refractivity contribution is 8.18. The first-order valence-electron chi connectivity index (χ1n) is 11.1. The van der Waals surface area contributed by atoms with Crippen molar-refractivity contribution in [3.63, 3.8) is 0 Å². The molecule has 0 radical (unpaired) electrons. The molecule has 0 saturated carbocycles. The van der Waals surface area contributed by atoms with Gasteiger partial charge >= 0.3 is 0 Å². The zero-order valence-corrected chi connectivity index (χ0v) is 22.2. The summed E-state index contributed by atoms with van der Waals surface area (Å²) in [6.07, 6.45) is 1.59. The second-order valence-electron chi connectivity index (χ2n) is 8.08. The molecule has 0 spiro atoms. The van der Waals surface area contributed by atoms with E-state index >= 15 is 0 Å². The molecule has 0 aromatic heterocycles. The van der Waals surface area contributed by atoms with Crippen LogP contribution in [0.4, 0.5) is 10.5 Å². The van der Waals surface area contributed by atoms with Crippen LogP contribution < -0.4 is 14.8 Å². The molecule has 0 aliphatic carbocycles. The largest absolute Gasteiger partial charge is 0.493 e. The molecule has 1 saturated heterocycles. The van der Waals surface area contributed by atoms with E-state index in [0.717, 1.165) is 22.2 Å². The normalized spacial score (nSPS) is 14.3. The van der Waals surface area contributed by atoms with Gasteiger partial charge in [0.25, 0.3) is 17.1 Å². The number of methoxy groups -OCH3 is 1. The minimum atomic E-state index is -0.446. The summed E-state index contributed by atoms with van der Waals surface area (Å²) in [6.45, 7) is 1.70. The van der Waals surface area contributed by atoms with E-state index in [2.05, 4.69) is 5.32 Å². The third kappa shape index (κ3) is 6.46. The van der Waals surface area contributed by atoms with Crippen LogP contribution in [-0.4, -0.2) is 35.7 Å². The Labute approximate surface area is 228 Å². The number of halogens is 2. The molecular weight excluding hydrogens is 535 g/mol. The molecule has 1 aliphatic heterocycles. The standard InChI is InChI=1S/C27H22Cl2N2O5S/c1-16-5-3-6-18(11-16)30-25(32)15-36-22-10-9-17(12-23(22)35-2)13-24-26(33)31(27(34)37-24)14-19-20(28)7-4-8-21(19)29/h3-13H,14-15H2,1-2H3,(H,30,32)/b24-13-. The molecule has 7 nitrogen and oxygen atoms in total. The van der Waals surface area contributed by atoms with E-state index in [-0.39, 0.29) is 24.0 Å². The minimum Gasteiger partial charge on any atom is -0.493 e. The topological polar surface area (TPSA) is 84.9 Å². The number of benzene rings is 3. The molecule has 3 aromatic rings. The molecule has 37 heavy (non-hydrogen) atoms. The number of nitrogens with one attached hydrogen (secondary N) is 1. The lowest BCUT2D eigenvalue weighted by molar-refractivity contribution is -0.123. The summed E-state index contributed by atoms with van der Waals surface area (Å²) in [5.41, 5.74) is 2.84. The number of amides is 3. The first-order valence-corrected chi connectivity index (χ1v) is 12.7. The average molecular weight is 557 g/mol. The van der Waals surface area contributed by atoms with Crippen molar-refractivity contribution in [2.24, 2.45) is 0 Å². The Bertz CT molecular complexity index is 1390. The van der Waals surface area contributed by atoms with Crippen LogP contribution >= 0.6 is 35.0 Å². The van der Waals surface area contributed by atoms with Crippen molar-refractivity contribution in [2.45, 2.75) is 13.5 Å². The van der Waals surface area contributed by atoms with Crippen LogP contribution in [-0.2, 0) is 16.1 Å². The second-order valence-corrected chi connectivity index (χ2v) is 9.89. The molecule has 0 bridgehead atoms. The van der Waals surface area contributed by atoms with Crippen molar-refractivity contribution in [1.29, 1.82) is 0 Å². The maximum absolute atomic E-state index is 12.9. The van der Waals surface area contributed by atoms with Crippen molar-refractivity contribution in [2.75, 3.05) is 19.0 Å². The van der Waals surface area contributed by atoms with Gasteiger partial charge in [-0.25, -0.2) is 0 Å². The summed E-state index contributed by atoms with van der Waals surface area (Å²) >= 11 is 13.2. The van der Waals surface area contributed by atoms with Crippen LogP contribution in [0.1, 0.15) is 16.7 Å². The van der Waals surface area contributed by atoms with Gasteiger partial charge in [-0.3, -0.25) is 19.3 Å². The average Bonchev–Trinajstić information content (AvgIpc) is 3.12. The van der Waals surface area contributed by atoms with Crippen molar-refractivity contribution < 1.29 is 23.9 Å². The van der Waals surface area contributed by atoms with E-state index in [9.17, 15) is 14.4 Å². The summed E-state index contributed by atoms with van der Waals surface area (Å²) in [5.74, 6) is -0.0261. The van der Waals surface area contributed by atoms with Gasteiger partial charge in [0.15, 0.2) is 18.1 Å². The fourth-order valence-corrected chi connectivity index (χ4v) is 4.94. The van der Waals surface area contributed by atoms with Gasteiger partial charge < -0.3 is 14.8 Å². The Balaban J connectivity index is 1.44. The van der Waals surface area contributed by atoms with Gasteiger partial charge in [-0.2, -0.15) is 0 Å². The van der Waals surface area contributed by atoms with Gasteiger partial charge in [-0.15, -0.1) is 0 Å². The van der Waals surface area contributed by atoms with Crippen molar-refractivity contribution in [3.8, 4) is 11.5 Å². The Morgan fingerprint density at radius 1 is 1.03 bits per heavy atom. The molecule has 1 N–H and O–H groups in total. The number of nitrogens with zero attached hydrogens (tertiary/aromatic N) is 1. The zero-order chi connectivity index (χ0) is 26.5. The number of anilines is 1. The van der Waals surface area contributed by atoms with Gasteiger partial charge in [-0.1, -0.05) is 47.5 Å². The lowest BCUT2D eigenvalue weighted by atomic mass is 10.1. The first-order chi connectivity index (χ1) is 17.7. The van der Waals surface area contributed by atoms with Crippen LogP contribution in [0.3, 0.4) is 0 Å². The number of aryl methyl sites for hydroxylation is 1. The molecule has 3 amide bonds. The van der Waals surface area contributed by atoms with Crippen molar-refractivity contribution in [1.82, 2.24) is 4.90 Å². The number of carbonyl (C=O) groups is 3. The predicted molar refractivity (Wildman–Crippen MR) is 146 cm³/mol. The third-order valence-corrected chi connectivity index (χ3v) is 7.01. The van der Waals surface area contributed by atoms with Crippen LogP contribution in [0, 0.1) is 6.92 Å². The van der Waals surface area contributed by atoms with Gasteiger partial charge in [0, 0.05) is 21.3 Å². The predicted octanol–water partition coefficient (Wildman–Crippen LogP) is 6.56. The highest BCUT2D eigenvalue weighted by atomic mass is 35.5. The summed E-state index contributed by atoms with van der Waals surface area (Å²) < 4.78 is 11.1. The third-order valence-electron chi connectivity index (χ3n) is 5.40. The molecule has 4 rings (SSSR count). The summed E-state index contributed by atoms with van der Waals surface area (Å²) in [5, 5.41) is 3.12. The summed E-state index contributed by atoms with van der Waals surface area (Å²) in [7, 11) is 1.47. The van der Waals surface area contributed by atoms with E-state index in [1.54, 1.807) is 48.5 Å². The molecule has 1 fully saturated rings. The van der Waals surface area contributed by atoms with Crippen LogP contribution in [0.2, 0.25) is 10.0 Å². The number of rotatable bonds is 8. The molecule has 190 valence electrons. The zero-order valence-electron chi connectivity index (χ0n) is 19.9. The molecule has 0 atom stereocenters. The molecule has 1 aliphatic rings. The smallest absolute Gasteiger partial charge is 0.293 e. The molecule has 0 unspecified atom stereocenters. The quantitative estimate of drug-likeness (QED) is 0.316. The van der Waals surface area contributed by atoms with Gasteiger partial charge in [0.2, 0.25) is 0 Å². The number of carbonyl (C=O) groups excluding carboxylic acids is 3. The summed E-state index contributed by atoms with van der Waals surface area (Å²) in [4.78, 5) is 39.1. The Morgan fingerprint density at radius 2 is 1.76 bits per heavy atom. The second kappa shape index (κ2) is 11.7. The lowest BCUT2D eigenvalue weighted by Crippen LogP contribution is -2.27. The monoisotopic (exact) mass is 556 g/mol. The van der Waals surface area contributed by atoms with Gasteiger partial charge in [0.1, 0.15) is 0 Å². The van der Waals surface area contributed by atoms with Gasteiger partial charge in [0.05, 0.1) is 18.6 Å². The number of thioether (sulfide) groups is 1. The number of hydrogen-bond acceptors (Lipinski definition) is 6. The van der Waals surface area contributed by atoms with Crippen LogP contribution in [0.15, 0.2) is 65.6 Å². The summed E-state index contributed by atoms with van der Waals surface area (Å²) in [6, 6.07) is 17.4. The van der Waals surface area contributed by atoms with E-state index < -0.39 is 11.1 Å². The number of hydrogen-bond donors (Lipinski definition) is 1. The molecular formula is C27H22Cl2N2O5S. The molecule has 1 heterocycles. The fourth-order valence-electron chi connectivity index (χ4n) is 3.59. The lowest BCUT2D eigenvalue weighted by Gasteiger charge is -2.14. The van der Waals surface area contributed by atoms with E-state index in [1.165, 1.54) is 7.11 Å². The number of imide groups is 1. The SMILES string of the molecule is COc1cc(/C=C2\SC(=O)N(Cc3c(Cl)cccc3Cl)C2=O)ccc1OCC(=O)Nc1cccc(C)c1. The Morgan fingerprint density at radius 3 is 2.46 bits per heavy atom. The highest BCUT2D eigenvalue weighted by Gasteiger charge is 2.35. The van der Waals surface area contributed by atoms with E-state index in [0.29, 0.717) is 38.4 Å². The van der Waals surface area contributed by atoms with Gasteiger partial charge in [-0.05, 0) is 72.3 Å². The first kappa shape index (κ1) is 26.6. The highest BCUT2D eigenvalue weighted by Crippen LogP contribution is 2.37. The van der Waals surface area contributed by atoms with E-state index in [1.807, 2.05) is 25.1 Å². The van der Waals surface area contributed by atoms with Crippen molar-refractivity contribution in [3.05, 3.63) is 92.3 Å². The Kier molecular flexibility index (Phi) is 8.43. The maximum Gasteiger partial charge on any atom is 0.293 e. The van der Waals surface area contributed by atoms with Crippen LogP contribution in [0.5, 0.6) is 11.5 Å². The maximum atomic E-state index is 12.9. The van der Waals surface area contributed by atoms with Crippen LogP contribution in [0.25, 0.3) is 6.08 Å². The Hall–Kier alpha value is -3.46. The fraction of sp³-hybridized carbons (Fsp3) is 0.148. The van der Waals surface area contributed by atoms with E-state index in [4.69, 9.17) is 32.7 Å². The molecule has 3 aromatic carbocycles. The number of ether oxygens (including phenoxy) is 2.